The lowest BCUT2D eigenvalue weighted by Crippen LogP contribution is -2.26. The second-order valence-corrected chi connectivity index (χ2v) is 7.14. The Hall–Kier alpha value is -2.00. The van der Waals surface area contributed by atoms with E-state index in [1.807, 2.05) is 0 Å². The molecule has 0 spiro atoms. The number of halogens is 2. The van der Waals surface area contributed by atoms with Crippen LogP contribution in [0.25, 0.3) is 0 Å². The molecule has 2 rings (SSSR count). The summed E-state index contributed by atoms with van der Waals surface area (Å²) in [7, 11) is -3.10. The Morgan fingerprint density at radius 2 is 1.95 bits per heavy atom. The minimum Gasteiger partial charge on any atom is -0.478 e. The summed E-state index contributed by atoms with van der Waals surface area (Å²) in [5.74, 6) is -2.96. The first-order valence-electron chi connectivity index (χ1n) is 5.49. The monoisotopic (exact) mass is 333 g/mol. The average Bonchev–Trinajstić information content (AvgIpc) is 2.91. The van der Waals surface area contributed by atoms with E-state index in [1.54, 1.807) is 0 Å². The van der Waals surface area contributed by atoms with Crippen molar-refractivity contribution in [3.63, 3.8) is 0 Å². The Morgan fingerprint density at radius 1 is 1.29 bits per heavy atom. The molecular formula is C12H9F2NO4S2. The van der Waals surface area contributed by atoms with E-state index in [2.05, 4.69) is 0 Å². The summed E-state index contributed by atoms with van der Waals surface area (Å²) in [6.45, 7) is 0. The van der Waals surface area contributed by atoms with Crippen LogP contribution in [0.5, 0.6) is 0 Å². The van der Waals surface area contributed by atoms with Crippen LogP contribution < -0.4 is 4.31 Å². The number of thiophene rings is 1. The maximum Gasteiger partial charge on any atom is 0.336 e. The van der Waals surface area contributed by atoms with Gasteiger partial charge in [0.25, 0.3) is 10.0 Å². The Bertz CT molecular complexity index is 801. The highest BCUT2D eigenvalue weighted by Gasteiger charge is 2.26. The zero-order chi connectivity index (χ0) is 15.8. The van der Waals surface area contributed by atoms with Gasteiger partial charge in [0, 0.05) is 18.5 Å². The van der Waals surface area contributed by atoms with Crippen LogP contribution in [0.2, 0.25) is 0 Å². The predicted octanol–water partition coefficient (Wildman–Crippen LogP) is 2.55. The summed E-state index contributed by atoms with van der Waals surface area (Å²) < 4.78 is 51.7. The van der Waals surface area contributed by atoms with Crippen LogP contribution >= 0.6 is 11.3 Å². The number of anilines is 1. The summed E-state index contributed by atoms with van der Waals surface area (Å²) in [4.78, 5) is 10.8. The third kappa shape index (κ3) is 2.88. The van der Waals surface area contributed by atoms with Crippen LogP contribution in [0.15, 0.2) is 33.9 Å². The molecule has 1 N–H and O–H groups in total. The number of carbonyl (C=O) groups is 1. The summed E-state index contributed by atoms with van der Waals surface area (Å²) in [5, 5.41) is 9.95. The summed E-state index contributed by atoms with van der Waals surface area (Å²) in [5.41, 5.74) is -0.646. The Balaban J connectivity index is 2.47. The molecule has 1 aromatic carbocycles. The zero-order valence-corrected chi connectivity index (χ0v) is 12.2. The highest BCUT2D eigenvalue weighted by Crippen LogP contribution is 2.29. The number of nitrogens with zero attached hydrogens (tertiary/aromatic N) is 1. The smallest absolute Gasteiger partial charge is 0.336 e. The molecule has 0 radical (unpaired) electrons. The molecule has 9 heteroatoms. The van der Waals surface area contributed by atoms with Gasteiger partial charge in [-0.15, -0.1) is 11.3 Å². The van der Waals surface area contributed by atoms with Gasteiger partial charge < -0.3 is 5.11 Å². The van der Waals surface area contributed by atoms with Crippen molar-refractivity contribution in [3.05, 3.63) is 46.8 Å². The van der Waals surface area contributed by atoms with Gasteiger partial charge >= 0.3 is 5.97 Å². The van der Waals surface area contributed by atoms with Gasteiger partial charge in [0.15, 0.2) is 0 Å². The molecule has 0 aliphatic heterocycles. The van der Waals surface area contributed by atoms with Gasteiger partial charge in [-0.2, -0.15) is 0 Å². The Labute approximate surface area is 123 Å². The van der Waals surface area contributed by atoms with Gasteiger partial charge in [0.1, 0.15) is 15.8 Å². The highest BCUT2D eigenvalue weighted by molar-refractivity contribution is 7.94. The number of sulfonamides is 1. The molecule has 0 bridgehead atoms. The molecule has 0 aliphatic carbocycles. The summed E-state index contributed by atoms with van der Waals surface area (Å²) in [6.07, 6.45) is 0. The third-order valence-corrected chi connectivity index (χ3v) is 5.87. The molecule has 21 heavy (non-hydrogen) atoms. The van der Waals surface area contributed by atoms with Crippen molar-refractivity contribution in [1.29, 1.82) is 0 Å². The van der Waals surface area contributed by atoms with E-state index >= 15 is 0 Å². The molecule has 0 atom stereocenters. The number of aromatic carboxylic acids is 1. The van der Waals surface area contributed by atoms with E-state index in [0.29, 0.717) is 15.6 Å². The normalized spacial score (nSPS) is 11.4. The van der Waals surface area contributed by atoms with Gasteiger partial charge in [-0.1, -0.05) is 0 Å². The van der Waals surface area contributed by atoms with E-state index in [9.17, 15) is 22.0 Å². The van der Waals surface area contributed by atoms with Crippen LogP contribution in [0.1, 0.15) is 10.4 Å². The highest BCUT2D eigenvalue weighted by atomic mass is 32.2. The fourth-order valence-corrected chi connectivity index (χ4v) is 4.07. The van der Waals surface area contributed by atoms with Crippen molar-refractivity contribution in [3.8, 4) is 0 Å². The Kier molecular flexibility index (Phi) is 3.97. The maximum atomic E-state index is 13.6. The average molecular weight is 333 g/mol. The van der Waals surface area contributed by atoms with E-state index in [1.165, 1.54) is 0 Å². The zero-order valence-electron chi connectivity index (χ0n) is 10.6. The Morgan fingerprint density at radius 3 is 2.52 bits per heavy atom. The van der Waals surface area contributed by atoms with Gasteiger partial charge in [-0.3, -0.25) is 4.31 Å². The number of hydrogen-bond donors (Lipinski definition) is 1. The van der Waals surface area contributed by atoms with Crippen LogP contribution in [-0.4, -0.2) is 26.5 Å². The molecule has 0 unspecified atom stereocenters. The molecule has 0 amide bonds. The lowest BCUT2D eigenvalue weighted by molar-refractivity contribution is 0.0697. The molecule has 1 heterocycles. The second kappa shape index (κ2) is 5.41. The number of rotatable bonds is 4. The van der Waals surface area contributed by atoms with Gasteiger partial charge in [-0.25, -0.2) is 22.0 Å². The molecule has 2 aromatic rings. The number of carboxylic acids is 1. The van der Waals surface area contributed by atoms with Crippen molar-refractivity contribution in [1.82, 2.24) is 0 Å². The van der Waals surface area contributed by atoms with E-state index in [0.717, 1.165) is 36.7 Å². The molecule has 1 aromatic heterocycles. The molecule has 0 saturated heterocycles. The van der Waals surface area contributed by atoms with Crippen molar-refractivity contribution < 1.29 is 27.1 Å². The van der Waals surface area contributed by atoms with Gasteiger partial charge in [0.05, 0.1) is 11.3 Å². The molecule has 112 valence electrons. The first-order valence-corrected chi connectivity index (χ1v) is 7.81. The van der Waals surface area contributed by atoms with Crippen molar-refractivity contribution in [2.75, 3.05) is 11.4 Å². The van der Waals surface area contributed by atoms with Crippen LogP contribution in [0.3, 0.4) is 0 Å². The molecule has 0 fully saturated rings. The fourth-order valence-electron chi connectivity index (χ4n) is 1.56. The first-order chi connectivity index (χ1) is 9.73. The van der Waals surface area contributed by atoms with Crippen LogP contribution in [-0.2, 0) is 10.0 Å². The van der Waals surface area contributed by atoms with Gasteiger partial charge in [0.2, 0.25) is 0 Å². The molecular weight excluding hydrogens is 324 g/mol. The quantitative estimate of drug-likeness (QED) is 0.933. The number of hydrogen-bond acceptors (Lipinski definition) is 4. The minimum absolute atomic E-state index is 0.188. The van der Waals surface area contributed by atoms with Crippen LogP contribution in [0.4, 0.5) is 14.5 Å². The van der Waals surface area contributed by atoms with Crippen LogP contribution in [0, 0.1) is 11.6 Å². The predicted molar refractivity (Wildman–Crippen MR) is 73.2 cm³/mol. The van der Waals surface area contributed by atoms with Crippen molar-refractivity contribution in [2.24, 2.45) is 0 Å². The second-order valence-electron chi connectivity index (χ2n) is 4.03. The SMILES string of the molecule is CN(c1cc(F)ccc1F)S(=O)(=O)c1cc(C(=O)O)cs1. The minimum atomic E-state index is -4.16. The van der Waals surface area contributed by atoms with E-state index in [-0.39, 0.29) is 9.77 Å². The third-order valence-electron chi connectivity index (χ3n) is 2.68. The summed E-state index contributed by atoms with van der Waals surface area (Å²) in [6, 6.07) is 3.40. The molecule has 0 aliphatic rings. The summed E-state index contributed by atoms with van der Waals surface area (Å²) >= 11 is 0.691. The van der Waals surface area contributed by atoms with Crippen molar-refractivity contribution in [2.45, 2.75) is 4.21 Å². The molecule has 0 saturated carbocycles. The van der Waals surface area contributed by atoms with Gasteiger partial charge in [-0.05, 0) is 18.2 Å². The molecule has 5 nitrogen and oxygen atoms in total. The fraction of sp³-hybridized carbons (Fsp3) is 0.0833. The lowest BCUT2D eigenvalue weighted by atomic mass is 10.3. The topological polar surface area (TPSA) is 74.7 Å². The first kappa shape index (κ1) is 15.4. The van der Waals surface area contributed by atoms with Crippen molar-refractivity contribution >= 4 is 33.0 Å². The van der Waals surface area contributed by atoms with E-state index < -0.39 is 33.3 Å². The van der Waals surface area contributed by atoms with E-state index in [4.69, 9.17) is 5.11 Å². The lowest BCUT2D eigenvalue weighted by Gasteiger charge is -2.18. The largest absolute Gasteiger partial charge is 0.478 e. The number of benzene rings is 1. The maximum absolute atomic E-state index is 13.6. The number of carboxylic acid groups (broad SMARTS) is 1. The standard InChI is InChI=1S/C12H9F2NO4S2/c1-15(10-5-8(13)2-3-9(10)14)21(18,19)11-4-7(6-20-11)12(16)17/h2-6H,1H3,(H,16,17).